The lowest BCUT2D eigenvalue weighted by atomic mass is 9.99. The number of carbonyl (C=O) groups is 2. The Labute approximate surface area is 165 Å². The lowest BCUT2D eigenvalue weighted by Gasteiger charge is -2.29. The van der Waals surface area contributed by atoms with E-state index < -0.39 is 0 Å². The normalized spacial score (nSPS) is 14.8. The van der Waals surface area contributed by atoms with Crippen LogP contribution in [0, 0.1) is 12.8 Å². The first kappa shape index (κ1) is 19.9. The smallest absolute Gasteiger partial charge is 0.276 e. The van der Waals surface area contributed by atoms with Crippen molar-refractivity contribution < 1.29 is 14.0 Å². The molecule has 2 heterocycles. The minimum absolute atomic E-state index is 0.0926. The van der Waals surface area contributed by atoms with Gasteiger partial charge < -0.3 is 19.5 Å². The molecule has 1 aliphatic rings. The third-order valence-corrected chi connectivity index (χ3v) is 5.16. The summed E-state index contributed by atoms with van der Waals surface area (Å²) in [5.74, 6) is 1.18. The summed E-state index contributed by atoms with van der Waals surface area (Å²) in [5, 5.41) is 2.80. The van der Waals surface area contributed by atoms with Gasteiger partial charge in [0.25, 0.3) is 11.8 Å². The van der Waals surface area contributed by atoms with Crippen LogP contribution in [0.5, 0.6) is 0 Å². The van der Waals surface area contributed by atoms with Gasteiger partial charge in [0.1, 0.15) is 5.76 Å². The quantitative estimate of drug-likeness (QED) is 0.858. The molecule has 150 valence electrons. The molecular formula is C21H28N4O3. The first-order valence-corrected chi connectivity index (χ1v) is 9.66. The van der Waals surface area contributed by atoms with E-state index >= 15 is 0 Å². The van der Waals surface area contributed by atoms with E-state index in [9.17, 15) is 9.59 Å². The van der Waals surface area contributed by atoms with Crippen molar-refractivity contribution in [2.45, 2.75) is 33.2 Å². The number of aromatic nitrogens is 1. The molecule has 28 heavy (non-hydrogen) atoms. The molecule has 0 radical (unpaired) electrons. The fourth-order valence-corrected chi connectivity index (χ4v) is 3.26. The van der Waals surface area contributed by atoms with Crippen molar-refractivity contribution in [1.29, 1.82) is 0 Å². The molecule has 1 saturated heterocycles. The molecule has 0 bridgehead atoms. The molecular weight excluding hydrogens is 356 g/mol. The van der Waals surface area contributed by atoms with Crippen molar-refractivity contribution in [3.8, 4) is 0 Å². The first-order valence-electron chi connectivity index (χ1n) is 9.66. The van der Waals surface area contributed by atoms with Crippen LogP contribution in [-0.4, -0.2) is 48.9 Å². The van der Waals surface area contributed by atoms with Gasteiger partial charge in [-0.2, -0.15) is 0 Å². The fourth-order valence-electron chi connectivity index (χ4n) is 3.26. The Morgan fingerprint density at radius 2 is 1.86 bits per heavy atom. The van der Waals surface area contributed by atoms with Crippen LogP contribution in [0.25, 0.3) is 0 Å². The van der Waals surface area contributed by atoms with Crippen LogP contribution < -0.4 is 10.2 Å². The summed E-state index contributed by atoms with van der Waals surface area (Å²) in [4.78, 5) is 33.2. The minimum Gasteiger partial charge on any atom is -0.443 e. The largest absolute Gasteiger partial charge is 0.443 e. The average Bonchev–Trinajstić information content (AvgIpc) is 3.06. The third-order valence-electron chi connectivity index (χ3n) is 5.16. The highest BCUT2D eigenvalue weighted by Gasteiger charge is 2.26. The number of nitrogens with zero attached hydrogens (tertiary/aromatic N) is 3. The van der Waals surface area contributed by atoms with Gasteiger partial charge in [-0.1, -0.05) is 6.92 Å². The summed E-state index contributed by atoms with van der Waals surface area (Å²) >= 11 is 0. The molecule has 1 aromatic heterocycles. The van der Waals surface area contributed by atoms with Crippen LogP contribution in [0.1, 0.15) is 52.3 Å². The van der Waals surface area contributed by atoms with Crippen molar-refractivity contribution in [1.82, 2.24) is 15.2 Å². The number of piperidine rings is 1. The van der Waals surface area contributed by atoms with E-state index in [-0.39, 0.29) is 18.4 Å². The fraction of sp³-hybridized carbons (Fsp3) is 0.476. The van der Waals surface area contributed by atoms with Crippen LogP contribution in [-0.2, 0) is 6.54 Å². The summed E-state index contributed by atoms with van der Waals surface area (Å²) in [6.07, 6.45) is 2.02. The molecule has 7 nitrogen and oxygen atoms in total. The Morgan fingerprint density at radius 1 is 1.21 bits per heavy atom. The van der Waals surface area contributed by atoms with Gasteiger partial charge in [-0.3, -0.25) is 9.59 Å². The number of oxazole rings is 1. The molecule has 2 amide bonds. The maximum atomic E-state index is 12.7. The first-order chi connectivity index (χ1) is 13.3. The Hall–Kier alpha value is -2.83. The molecule has 0 unspecified atom stereocenters. The number of aryl methyl sites for hydroxylation is 1. The molecule has 1 N–H and O–H groups in total. The van der Waals surface area contributed by atoms with Gasteiger partial charge in [0.2, 0.25) is 5.89 Å². The highest BCUT2D eigenvalue weighted by molar-refractivity contribution is 5.94. The second-order valence-corrected chi connectivity index (χ2v) is 7.61. The van der Waals surface area contributed by atoms with Crippen LogP contribution in [0.3, 0.4) is 0 Å². The maximum Gasteiger partial charge on any atom is 0.276 e. The van der Waals surface area contributed by atoms with Gasteiger partial charge in [-0.25, -0.2) is 4.98 Å². The Balaban J connectivity index is 1.60. The topological polar surface area (TPSA) is 78.7 Å². The zero-order valence-electron chi connectivity index (χ0n) is 17.0. The molecule has 0 spiro atoms. The maximum absolute atomic E-state index is 12.7. The number of carbonyl (C=O) groups excluding carboxylic acids is 2. The standard InChI is InChI=1S/C21H28N4O3/c1-14-9-11-25(12-10-14)21(27)19-15(2)28-18(23-19)13-22-20(26)16-5-7-17(8-6-16)24(3)4/h5-8,14H,9-13H2,1-4H3,(H,22,26). The van der Waals surface area contributed by atoms with Crippen LogP contribution >= 0.6 is 0 Å². The minimum atomic E-state index is -0.209. The number of likely N-dealkylation sites (tertiary alicyclic amines) is 1. The van der Waals surface area contributed by atoms with Crippen LogP contribution in [0.4, 0.5) is 5.69 Å². The molecule has 2 aromatic rings. The predicted octanol–water partition coefficient (Wildman–Crippen LogP) is 2.85. The number of amides is 2. The summed E-state index contributed by atoms with van der Waals surface area (Å²) in [6.45, 7) is 5.58. The summed E-state index contributed by atoms with van der Waals surface area (Å²) < 4.78 is 5.60. The van der Waals surface area contributed by atoms with Gasteiger partial charge in [0.15, 0.2) is 5.69 Å². The Morgan fingerprint density at radius 3 is 2.46 bits per heavy atom. The third kappa shape index (κ3) is 4.52. The van der Waals surface area contributed by atoms with Gasteiger partial charge >= 0.3 is 0 Å². The molecule has 1 aliphatic heterocycles. The highest BCUT2D eigenvalue weighted by atomic mass is 16.4. The summed E-state index contributed by atoms with van der Waals surface area (Å²) in [6, 6.07) is 7.33. The van der Waals surface area contributed by atoms with Gasteiger partial charge in [0, 0.05) is 38.4 Å². The van der Waals surface area contributed by atoms with E-state index in [2.05, 4.69) is 17.2 Å². The molecule has 7 heteroatoms. The number of rotatable bonds is 5. The van der Waals surface area contributed by atoms with Gasteiger partial charge in [-0.15, -0.1) is 0 Å². The lowest BCUT2D eigenvalue weighted by molar-refractivity contribution is 0.0690. The molecule has 0 atom stereocenters. The number of benzene rings is 1. The van der Waals surface area contributed by atoms with Gasteiger partial charge in [0.05, 0.1) is 6.54 Å². The van der Waals surface area contributed by atoms with E-state index in [0.717, 1.165) is 31.6 Å². The molecule has 1 aromatic carbocycles. The predicted molar refractivity (Wildman–Crippen MR) is 107 cm³/mol. The SMILES string of the molecule is Cc1oc(CNC(=O)c2ccc(N(C)C)cc2)nc1C(=O)N1CCC(C)CC1. The Kier molecular flexibility index (Phi) is 6.02. The van der Waals surface area contributed by atoms with Crippen molar-refractivity contribution in [3.63, 3.8) is 0 Å². The van der Waals surface area contributed by atoms with Crippen LogP contribution in [0.2, 0.25) is 0 Å². The highest BCUT2D eigenvalue weighted by Crippen LogP contribution is 2.20. The number of hydrogen-bond acceptors (Lipinski definition) is 5. The number of anilines is 1. The van der Waals surface area contributed by atoms with Crippen molar-refractivity contribution >= 4 is 17.5 Å². The molecule has 0 saturated carbocycles. The molecule has 3 rings (SSSR count). The summed E-state index contributed by atoms with van der Waals surface area (Å²) in [7, 11) is 3.90. The zero-order chi connectivity index (χ0) is 20.3. The number of nitrogens with one attached hydrogen (secondary N) is 1. The second-order valence-electron chi connectivity index (χ2n) is 7.61. The monoisotopic (exact) mass is 384 g/mol. The van der Waals surface area contributed by atoms with E-state index in [4.69, 9.17) is 4.42 Å². The van der Waals surface area contributed by atoms with E-state index in [1.54, 1.807) is 19.1 Å². The zero-order valence-corrected chi connectivity index (χ0v) is 17.0. The van der Waals surface area contributed by atoms with Crippen molar-refractivity contribution in [2.24, 2.45) is 5.92 Å². The molecule has 0 aliphatic carbocycles. The lowest BCUT2D eigenvalue weighted by Crippen LogP contribution is -2.38. The average molecular weight is 384 g/mol. The van der Waals surface area contributed by atoms with E-state index in [1.165, 1.54) is 0 Å². The van der Waals surface area contributed by atoms with E-state index in [0.29, 0.717) is 28.8 Å². The number of hydrogen-bond donors (Lipinski definition) is 1. The van der Waals surface area contributed by atoms with Crippen molar-refractivity contribution in [2.75, 3.05) is 32.1 Å². The van der Waals surface area contributed by atoms with E-state index in [1.807, 2.05) is 36.0 Å². The Bertz CT molecular complexity index is 834. The molecule has 1 fully saturated rings. The van der Waals surface area contributed by atoms with Crippen molar-refractivity contribution in [3.05, 3.63) is 47.2 Å². The van der Waals surface area contributed by atoms with Gasteiger partial charge in [-0.05, 0) is 49.9 Å². The second kappa shape index (κ2) is 8.46. The summed E-state index contributed by atoms with van der Waals surface area (Å²) in [5.41, 5.74) is 1.93. The van der Waals surface area contributed by atoms with Crippen LogP contribution in [0.15, 0.2) is 28.7 Å².